The molecule has 4 nitrogen and oxygen atoms in total. The Morgan fingerprint density at radius 1 is 1.16 bits per heavy atom. The van der Waals surface area contributed by atoms with Crippen LogP contribution < -0.4 is 14.8 Å². The fourth-order valence-electron chi connectivity index (χ4n) is 2.77. The van der Waals surface area contributed by atoms with E-state index in [1.807, 2.05) is 6.07 Å². The van der Waals surface area contributed by atoms with Crippen LogP contribution in [-0.2, 0) is 6.42 Å². The first kappa shape index (κ1) is 14.2. The smallest absolute Gasteiger partial charge is 0.122 e. The van der Waals surface area contributed by atoms with Gasteiger partial charge in [0.25, 0.3) is 0 Å². The predicted molar refractivity (Wildman–Crippen MR) is 77.2 cm³/mol. The van der Waals surface area contributed by atoms with Crippen LogP contribution in [-0.4, -0.2) is 51.8 Å². The van der Waals surface area contributed by atoms with Crippen LogP contribution in [0.15, 0.2) is 18.2 Å². The van der Waals surface area contributed by atoms with Crippen LogP contribution in [0.1, 0.15) is 12.0 Å². The van der Waals surface area contributed by atoms with Gasteiger partial charge in [-0.15, -0.1) is 0 Å². The summed E-state index contributed by atoms with van der Waals surface area (Å²) in [6.45, 7) is 2.11. The van der Waals surface area contributed by atoms with Crippen LogP contribution >= 0.6 is 0 Å². The number of rotatable bonds is 5. The molecule has 1 aromatic rings. The van der Waals surface area contributed by atoms with Gasteiger partial charge < -0.3 is 19.7 Å². The second kappa shape index (κ2) is 5.80. The van der Waals surface area contributed by atoms with Gasteiger partial charge in [0, 0.05) is 18.2 Å². The van der Waals surface area contributed by atoms with Crippen molar-refractivity contribution in [1.82, 2.24) is 10.2 Å². The normalized spacial score (nSPS) is 22.8. The fraction of sp³-hybridized carbons (Fsp3) is 0.600. The molecule has 19 heavy (non-hydrogen) atoms. The largest absolute Gasteiger partial charge is 0.497 e. The SMILES string of the molecule is COc1cc(CC2(N(C)C)CCNC2)cc(OC)c1. The van der Waals surface area contributed by atoms with E-state index in [0.717, 1.165) is 31.0 Å². The van der Waals surface area contributed by atoms with E-state index in [-0.39, 0.29) is 5.54 Å². The van der Waals surface area contributed by atoms with Crippen LogP contribution in [0.2, 0.25) is 0 Å². The molecule has 1 aliphatic rings. The second-order valence-corrected chi connectivity index (χ2v) is 5.44. The van der Waals surface area contributed by atoms with Crippen LogP contribution in [0, 0.1) is 0 Å². The molecule has 1 saturated heterocycles. The molecular weight excluding hydrogens is 240 g/mol. The highest BCUT2D eigenvalue weighted by Gasteiger charge is 2.36. The maximum absolute atomic E-state index is 5.35. The molecule has 0 bridgehead atoms. The number of ether oxygens (including phenoxy) is 2. The van der Waals surface area contributed by atoms with Crippen LogP contribution in [0.25, 0.3) is 0 Å². The predicted octanol–water partition coefficient (Wildman–Crippen LogP) is 1.54. The molecule has 106 valence electrons. The number of hydrogen-bond donors (Lipinski definition) is 1. The van der Waals surface area contributed by atoms with Gasteiger partial charge in [-0.1, -0.05) is 0 Å². The summed E-state index contributed by atoms with van der Waals surface area (Å²) in [5, 5.41) is 3.47. The Morgan fingerprint density at radius 2 is 1.79 bits per heavy atom. The lowest BCUT2D eigenvalue weighted by Crippen LogP contribution is -2.47. The van der Waals surface area contributed by atoms with Crippen molar-refractivity contribution < 1.29 is 9.47 Å². The third kappa shape index (κ3) is 3.01. The molecule has 1 unspecified atom stereocenters. The zero-order chi connectivity index (χ0) is 13.9. The minimum Gasteiger partial charge on any atom is -0.497 e. The Labute approximate surface area is 115 Å². The van der Waals surface area contributed by atoms with Crippen molar-refractivity contribution in [2.75, 3.05) is 41.4 Å². The average molecular weight is 264 g/mol. The summed E-state index contributed by atoms with van der Waals surface area (Å²) in [4.78, 5) is 2.33. The van der Waals surface area contributed by atoms with Gasteiger partial charge in [0.15, 0.2) is 0 Å². The molecule has 2 rings (SSSR count). The molecule has 1 atom stereocenters. The van der Waals surface area contributed by atoms with Crippen molar-refractivity contribution in [3.63, 3.8) is 0 Å². The van der Waals surface area contributed by atoms with Crippen LogP contribution in [0.4, 0.5) is 0 Å². The number of likely N-dealkylation sites (N-methyl/N-ethyl adjacent to an activating group) is 1. The van der Waals surface area contributed by atoms with E-state index in [4.69, 9.17) is 9.47 Å². The lowest BCUT2D eigenvalue weighted by molar-refractivity contribution is 0.172. The standard InChI is InChI=1S/C15H24N2O2/c1-17(2)15(5-6-16-11-15)10-12-7-13(18-3)9-14(8-12)19-4/h7-9,16H,5-6,10-11H2,1-4H3. The number of hydrogen-bond acceptors (Lipinski definition) is 4. The Bertz CT molecular complexity index is 404. The zero-order valence-corrected chi connectivity index (χ0v) is 12.3. The summed E-state index contributed by atoms with van der Waals surface area (Å²) in [6.07, 6.45) is 2.17. The third-order valence-electron chi connectivity index (χ3n) is 4.11. The van der Waals surface area contributed by atoms with Gasteiger partial charge in [-0.3, -0.25) is 0 Å². The van der Waals surface area contributed by atoms with Gasteiger partial charge in [-0.05, 0) is 51.2 Å². The lowest BCUT2D eigenvalue weighted by atomic mass is 9.88. The molecule has 0 saturated carbocycles. The Kier molecular flexibility index (Phi) is 4.32. The molecule has 0 aliphatic carbocycles. The second-order valence-electron chi connectivity index (χ2n) is 5.44. The molecule has 1 heterocycles. The molecule has 1 aliphatic heterocycles. The van der Waals surface area contributed by atoms with Gasteiger partial charge in [-0.2, -0.15) is 0 Å². The Morgan fingerprint density at radius 3 is 2.21 bits per heavy atom. The molecule has 1 fully saturated rings. The minimum absolute atomic E-state index is 0.192. The van der Waals surface area contributed by atoms with E-state index in [9.17, 15) is 0 Å². The first-order chi connectivity index (χ1) is 9.09. The highest BCUT2D eigenvalue weighted by atomic mass is 16.5. The lowest BCUT2D eigenvalue weighted by Gasteiger charge is -2.36. The van der Waals surface area contributed by atoms with Crippen molar-refractivity contribution >= 4 is 0 Å². The summed E-state index contributed by atoms with van der Waals surface area (Å²) in [7, 11) is 7.70. The fourth-order valence-corrected chi connectivity index (χ4v) is 2.77. The molecule has 0 aromatic heterocycles. The quantitative estimate of drug-likeness (QED) is 0.874. The number of nitrogens with one attached hydrogen (secondary N) is 1. The van der Waals surface area contributed by atoms with Crippen LogP contribution in [0.5, 0.6) is 11.5 Å². The summed E-state index contributed by atoms with van der Waals surface area (Å²) in [6, 6.07) is 6.12. The van der Waals surface area contributed by atoms with E-state index in [1.165, 1.54) is 12.0 Å². The Balaban J connectivity index is 2.26. The minimum atomic E-state index is 0.192. The first-order valence-electron chi connectivity index (χ1n) is 6.70. The van der Waals surface area contributed by atoms with Crippen molar-refractivity contribution in [3.8, 4) is 11.5 Å². The zero-order valence-electron chi connectivity index (χ0n) is 12.3. The molecule has 1 N–H and O–H groups in total. The molecule has 0 radical (unpaired) electrons. The van der Waals surface area contributed by atoms with Crippen molar-refractivity contribution in [2.45, 2.75) is 18.4 Å². The monoisotopic (exact) mass is 264 g/mol. The summed E-state index contributed by atoms with van der Waals surface area (Å²) < 4.78 is 10.7. The topological polar surface area (TPSA) is 33.7 Å². The maximum Gasteiger partial charge on any atom is 0.122 e. The van der Waals surface area contributed by atoms with Crippen LogP contribution in [0.3, 0.4) is 0 Å². The Hall–Kier alpha value is -1.26. The summed E-state index contributed by atoms with van der Waals surface area (Å²) >= 11 is 0. The van der Waals surface area contributed by atoms with Crippen molar-refractivity contribution in [3.05, 3.63) is 23.8 Å². The van der Waals surface area contributed by atoms with Crippen molar-refractivity contribution in [2.24, 2.45) is 0 Å². The molecule has 4 heteroatoms. The molecule has 1 aromatic carbocycles. The first-order valence-corrected chi connectivity index (χ1v) is 6.70. The summed E-state index contributed by atoms with van der Waals surface area (Å²) in [5.41, 5.74) is 1.45. The van der Waals surface area contributed by atoms with Crippen molar-refractivity contribution in [1.29, 1.82) is 0 Å². The van der Waals surface area contributed by atoms with Gasteiger partial charge in [0.1, 0.15) is 11.5 Å². The van der Waals surface area contributed by atoms with Gasteiger partial charge in [0.2, 0.25) is 0 Å². The van der Waals surface area contributed by atoms with E-state index in [2.05, 4.69) is 36.4 Å². The van der Waals surface area contributed by atoms with Gasteiger partial charge in [-0.25, -0.2) is 0 Å². The highest BCUT2D eigenvalue weighted by molar-refractivity contribution is 5.39. The van der Waals surface area contributed by atoms with Gasteiger partial charge in [0.05, 0.1) is 14.2 Å². The van der Waals surface area contributed by atoms with E-state index in [1.54, 1.807) is 14.2 Å². The third-order valence-corrected chi connectivity index (χ3v) is 4.11. The number of nitrogens with zero attached hydrogens (tertiary/aromatic N) is 1. The van der Waals surface area contributed by atoms with Gasteiger partial charge >= 0.3 is 0 Å². The van der Waals surface area contributed by atoms with E-state index in [0.29, 0.717) is 0 Å². The maximum atomic E-state index is 5.35. The summed E-state index contributed by atoms with van der Waals surface area (Å²) in [5.74, 6) is 1.71. The highest BCUT2D eigenvalue weighted by Crippen LogP contribution is 2.30. The van der Waals surface area contributed by atoms with E-state index >= 15 is 0 Å². The molecular formula is C15H24N2O2. The molecule has 0 amide bonds. The molecule has 0 spiro atoms. The van der Waals surface area contributed by atoms with E-state index < -0.39 is 0 Å². The number of methoxy groups -OCH3 is 2. The average Bonchev–Trinajstić information content (AvgIpc) is 2.88. The number of benzene rings is 1.